The molecule has 21 heavy (non-hydrogen) atoms. The Morgan fingerprint density at radius 3 is 1.95 bits per heavy atom. The Morgan fingerprint density at radius 1 is 0.905 bits per heavy atom. The van der Waals surface area contributed by atoms with Crippen molar-refractivity contribution >= 4 is 0 Å². The summed E-state index contributed by atoms with van der Waals surface area (Å²) in [6.07, 6.45) is 1.17. The highest BCUT2D eigenvalue weighted by Crippen LogP contribution is 2.42. The van der Waals surface area contributed by atoms with Crippen LogP contribution in [0.1, 0.15) is 44.4 Å². The third-order valence-corrected chi connectivity index (χ3v) is 3.96. The second-order valence-electron chi connectivity index (χ2n) is 6.31. The van der Waals surface area contributed by atoms with Crippen LogP contribution in [0.25, 0.3) is 0 Å². The van der Waals surface area contributed by atoms with Crippen LogP contribution in [-0.2, 0) is 0 Å². The van der Waals surface area contributed by atoms with Crippen LogP contribution >= 0.6 is 0 Å². The van der Waals surface area contributed by atoms with Gasteiger partial charge in [-0.3, -0.25) is 0 Å². The molecule has 1 atom stereocenters. The highest BCUT2D eigenvalue weighted by molar-refractivity contribution is 5.52. The van der Waals surface area contributed by atoms with Gasteiger partial charge in [0.05, 0.1) is 6.04 Å². The van der Waals surface area contributed by atoms with Gasteiger partial charge in [0.25, 0.3) is 0 Å². The normalized spacial score (nSPS) is 15.2. The maximum Gasteiger partial charge on any atom is 0.132 e. The van der Waals surface area contributed by atoms with Gasteiger partial charge in [0, 0.05) is 17.2 Å². The lowest BCUT2D eigenvalue weighted by molar-refractivity contribution is 0.382. The Labute approximate surface area is 127 Å². The molecule has 1 aliphatic heterocycles. The van der Waals surface area contributed by atoms with E-state index in [1.54, 1.807) is 0 Å². The number of nitrogens with one attached hydrogen (secondary N) is 1. The molecule has 3 rings (SSSR count). The standard InChI is InChI=1S/C19H23NO/c1-13(2)12-14(3)20-19-15-8-4-6-10-17(15)21-18-11-7-5-9-16(18)19/h4-11,13-14,19-20H,12H2,1-3H3. The monoisotopic (exact) mass is 281 g/mol. The number of ether oxygens (including phenoxy) is 1. The Hall–Kier alpha value is -1.80. The number of hydrogen-bond donors (Lipinski definition) is 1. The first-order valence-electron chi connectivity index (χ1n) is 7.77. The predicted octanol–water partition coefficient (Wildman–Crippen LogP) is 4.91. The van der Waals surface area contributed by atoms with Gasteiger partial charge in [0.15, 0.2) is 0 Å². The van der Waals surface area contributed by atoms with Gasteiger partial charge in [-0.1, -0.05) is 50.2 Å². The molecule has 2 aromatic rings. The Kier molecular flexibility index (Phi) is 3.98. The molecule has 2 aromatic carbocycles. The molecule has 1 unspecified atom stereocenters. The summed E-state index contributed by atoms with van der Waals surface area (Å²) in [6.45, 7) is 6.80. The van der Waals surface area contributed by atoms with Crippen LogP contribution in [0.15, 0.2) is 48.5 Å². The fourth-order valence-electron chi connectivity index (χ4n) is 3.15. The quantitative estimate of drug-likeness (QED) is 0.860. The van der Waals surface area contributed by atoms with Crippen LogP contribution in [0.2, 0.25) is 0 Å². The fourth-order valence-corrected chi connectivity index (χ4v) is 3.15. The number of para-hydroxylation sites is 2. The van der Waals surface area contributed by atoms with Gasteiger partial charge in [0.1, 0.15) is 11.5 Å². The largest absolute Gasteiger partial charge is 0.457 e. The Bertz CT molecular complexity index is 575. The molecule has 110 valence electrons. The van der Waals surface area contributed by atoms with Crippen LogP contribution < -0.4 is 10.1 Å². The second-order valence-corrected chi connectivity index (χ2v) is 6.31. The van der Waals surface area contributed by atoms with Crippen LogP contribution in [0.4, 0.5) is 0 Å². The van der Waals surface area contributed by atoms with Crippen molar-refractivity contribution in [2.24, 2.45) is 5.92 Å². The third kappa shape index (κ3) is 2.96. The zero-order valence-electron chi connectivity index (χ0n) is 13.0. The van der Waals surface area contributed by atoms with E-state index in [0.717, 1.165) is 11.5 Å². The minimum absolute atomic E-state index is 0.208. The van der Waals surface area contributed by atoms with Gasteiger partial charge in [-0.15, -0.1) is 0 Å². The first-order valence-corrected chi connectivity index (χ1v) is 7.77. The van der Waals surface area contributed by atoms with Crippen molar-refractivity contribution in [2.75, 3.05) is 0 Å². The van der Waals surface area contributed by atoms with E-state index >= 15 is 0 Å². The van der Waals surface area contributed by atoms with E-state index in [1.807, 2.05) is 24.3 Å². The van der Waals surface area contributed by atoms with Gasteiger partial charge in [-0.25, -0.2) is 0 Å². The number of rotatable bonds is 4. The number of fused-ring (bicyclic) bond motifs is 2. The maximum absolute atomic E-state index is 6.03. The molecule has 1 heterocycles. The summed E-state index contributed by atoms with van der Waals surface area (Å²) in [7, 11) is 0. The van der Waals surface area contributed by atoms with Gasteiger partial charge in [-0.05, 0) is 31.4 Å². The summed E-state index contributed by atoms with van der Waals surface area (Å²) >= 11 is 0. The van der Waals surface area contributed by atoms with E-state index in [2.05, 4.69) is 50.4 Å². The molecule has 0 radical (unpaired) electrons. The van der Waals surface area contributed by atoms with Crippen LogP contribution in [-0.4, -0.2) is 6.04 Å². The molecule has 0 spiro atoms. The second kappa shape index (κ2) is 5.90. The number of hydrogen-bond acceptors (Lipinski definition) is 2. The van der Waals surface area contributed by atoms with Gasteiger partial charge < -0.3 is 10.1 Å². The maximum atomic E-state index is 6.03. The van der Waals surface area contributed by atoms with Crippen molar-refractivity contribution in [3.05, 3.63) is 59.7 Å². The van der Waals surface area contributed by atoms with E-state index in [1.165, 1.54) is 17.5 Å². The lowest BCUT2D eigenvalue weighted by atomic mass is 9.93. The van der Waals surface area contributed by atoms with Gasteiger partial charge in [-0.2, -0.15) is 0 Å². The van der Waals surface area contributed by atoms with Crippen LogP contribution in [0.3, 0.4) is 0 Å². The predicted molar refractivity (Wildman–Crippen MR) is 86.9 cm³/mol. The minimum Gasteiger partial charge on any atom is -0.457 e. The van der Waals surface area contributed by atoms with Gasteiger partial charge >= 0.3 is 0 Å². The third-order valence-electron chi connectivity index (χ3n) is 3.96. The average molecular weight is 281 g/mol. The number of benzene rings is 2. The van der Waals surface area contributed by atoms with Crippen molar-refractivity contribution in [1.82, 2.24) is 5.32 Å². The minimum atomic E-state index is 0.208. The molecular formula is C19H23NO. The highest BCUT2D eigenvalue weighted by Gasteiger charge is 2.27. The summed E-state index contributed by atoms with van der Waals surface area (Å²) in [5, 5.41) is 3.78. The molecule has 1 N–H and O–H groups in total. The summed E-state index contributed by atoms with van der Waals surface area (Å²) in [6, 6.07) is 17.3. The Balaban J connectivity index is 1.95. The van der Waals surface area contributed by atoms with E-state index < -0.39 is 0 Å². The highest BCUT2D eigenvalue weighted by atomic mass is 16.5. The van der Waals surface area contributed by atoms with Crippen LogP contribution in [0, 0.1) is 5.92 Å². The molecule has 0 saturated carbocycles. The lowest BCUT2D eigenvalue weighted by Crippen LogP contribution is -2.33. The average Bonchev–Trinajstić information content (AvgIpc) is 2.46. The molecule has 2 heteroatoms. The Morgan fingerprint density at radius 2 is 1.43 bits per heavy atom. The van der Waals surface area contributed by atoms with Crippen molar-refractivity contribution in [3.63, 3.8) is 0 Å². The van der Waals surface area contributed by atoms with Crippen molar-refractivity contribution in [3.8, 4) is 11.5 Å². The molecule has 0 aliphatic carbocycles. The molecule has 2 nitrogen and oxygen atoms in total. The molecule has 0 fully saturated rings. The molecular weight excluding hydrogens is 258 g/mol. The fraction of sp³-hybridized carbons (Fsp3) is 0.368. The van der Waals surface area contributed by atoms with E-state index in [-0.39, 0.29) is 6.04 Å². The van der Waals surface area contributed by atoms with E-state index in [9.17, 15) is 0 Å². The van der Waals surface area contributed by atoms with Crippen molar-refractivity contribution in [2.45, 2.75) is 39.3 Å². The molecule has 1 aliphatic rings. The summed E-state index contributed by atoms with van der Waals surface area (Å²) in [5.74, 6) is 2.62. The first-order chi connectivity index (χ1) is 10.1. The lowest BCUT2D eigenvalue weighted by Gasteiger charge is -2.31. The summed E-state index contributed by atoms with van der Waals surface area (Å²) in [4.78, 5) is 0. The van der Waals surface area contributed by atoms with Crippen molar-refractivity contribution in [1.29, 1.82) is 0 Å². The van der Waals surface area contributed by atoms with Crippen LogP contribution in [0.5, 0.6) is 11.5 Å². The zero-order valence-corrected chi connectivity index (χ0v) is 13.0. The summed E-state index contributed by atoms with van der Waals surface area (Å²) in [5.41, 5.74) is 2.46. The first kappa shape index (κ1) is 14.2. The molecule has 0 amide bonds. The SMILES string of the molecule is CC(C)CC(C)NC1c2ccccc2Oc2ccccc21. The zero-order chi connectivity index (χ0) is 14.8. The molecule has 0 bridgehead atoms. The topological polar surface area (TPSA) is 21.3 Å². The van der Waals surface area contributed by atoms with E-state index in [4.69, 9.17) is 4.74 Å². The van der Waals surface area contributed by atoms with Gasteiger partial charge in [0.2, 0.25) is 0 Å². The van der Waals surface area contributed by atoms with Crippen molar-refractivity contribution < 1.29 is 4.74 Å². The van der Waals surface area contributed by atoms with E-state index in [0.29, 0.717) is 12.0 Å². The summed E-state index contributed by atoms with van der Waals surface area (Å²) < 4.78 is 6.03. The molecule has 0 saturated heterocycles. The molecule has 0 aromatic heterocycles. The smallest absolute Gasteiger partial charge is 0.132 e.